The highest BCUT2D eigenvalue weighted by molar-refractivity contribution is 5.83. The van der Waals surface area contributed by atoms with Gasteiger partial charge in [-0.25, -0.2) is 0 Å². The normalized spacial score (nSPS) is 20.1. The second-order valence-corrected chi connectivity index (χ2v) is 9.49. The van der Waals surface area contributed by atoms with Crippen molar-refractivity contribution in [2.24, 2.45) is 11.3 Å². The van der Waals surface area contributed by atoms with Crippen LogP contribution in [-0.4, -0.2) is 22.7 Å². The molecule has 1 aliphatic rings. The number of hydrogen-bond donors (Lipinski definition) is 0. The Bertz CT molecular complexity index is 915. The molecule has 0 aliphatic heterocycles. The summed E-state index contributed by atoms with van der Waals surface area (Å²) in [5.41, 5.74) is 0.111. The van der Waals surface area contributed by atoms with Crippen LogP contribution in [0.1, 0.15) is 60.3 Å². The Morgan fingerprint density at radius 3 is 2.45 bits per heavy atom. The number of ether oxygens (including phenoxy) is 2. The van der Waals surface area contributed by atoms with E-state index < -0.39 is 0 Å². The number of benzene rings is 1. The quantitative estimate of drug-likeness (QED) is 0.669. The molecule has 5 nitrogen and oxygen atoms in total. The van der Waals surface area contributed by atoms with Crippen molar-refractivity contribution in [1.29, 1.82) is 0 Å². The molecule has 158 valence electrons. The van der Waals surface area contributed by atoms with Gasteiger partial charge in [-0.15, -0.1) is 0 Å². The van der Waals surface area contributed by atoms with Gasteiger partial charge in [0.25, 0.3) is 5.56 Å². The van der Waals surface area contributed by atoms with Gasteiger partial charge in [0.05, 0.1) is 6.10 Å². The fourth-order valence-electron chi connectivity index (χ4n) is 4.15. The fraction of sp³-hybridized carbons (Fsp3) is 0.583. The molecule has 5 heteroatoms. The monoisotopic (exact) mass is 399 g/mol. The molecule has 0 radical (unpaired) electrons. The van der Waals surface area contributed by atoms with Crippen molar-refractivity contribution in [2.75, 3.05) is 0 Å². The lowest BCUT2D eigenvalue weighted by Gasteiger charge is -2.36. The Morgan fingerprint density at radius 2 is 1.83 bits per heavy atom. The van der Waals surface area contributed by atoms with Crippen molar-refractivity contribution in [3.63, 3.8) is 0 Å². The van der Waals surface area contributed by atoms with E-state index in [9.17, 15) is 9.59 Å². The van der Waals surface area contributed by atoms with Crippen molar-refractivity contribution in [2.45, 2.75) is 79.1 Å². The smallest absolute Gasteiger partial charge is 0.326 e. The van der Waals surface area contributed by atoms with Gasteiger partial charge < -0.3 is 14.0 Å². The summed E-state index contributed by atoms with van der Waals surface area (Å²) in [5, 5.41) is 1.38. The molecule has 29 heavy (non-hydrogen) atoms. The number of fused-ring (bicyclic) bond motifs is 1. The van der Waals surface area contributed by atoms with Gasteiger partial charge in [0.2, 0.25) is 0 Å². The SMILES string of the molecule is CC(C)Oc1ccc2c(=O)n(CC(=O)OC3CCC(C(C)(C)C)CC3)ccc2c1. The number of carbonyl (C=O) groups is 1. The van der Waals surface area contributed by atoms with E-state index in [0.29, 0.717) is 16.7 Å². The summed E-state index contributed by atoms with van der Waals surface area (Å²) in [6, 6.07) is 7.24. The largest absolute Gasteiger partial charge is 0.491 e. The number of esters is 1. The van der Waals surface area contributed by atoms with Gasteiger partial charge in [-0.1, -0.05) is 20.8 Å². The maximum Gasteiger partial charge on any atom is 0.326 e. The molecule has 0 atom stereocenters. The second-order valence-electron chi connectivity index (χ2n) is 9.49. The highest BCUT2D eigenvalue weighted by Gasteiger charge is 2.31. The number of aromatic nitrogens is 1. The molecule has 0 bridgehead atoms. The van der Waals surface area contributed by atoms with Crippen molar-refractivity contribution in [1.82, 2.24) is 4.57 Å². The van der Waals surface area contributed by atoms with Crippen LogP contribution in [0.15, 0.2) is 35.3 Å². The predicted molar refractivity (Wildman–Crippen MR) is 115 cm³/mol. The summed E-state index contributed by atoms with van der Waals surface area (Å²) in [7, 11) is 0. The molecule has 2 aromatic rings. The minimum Gasteiger partial charge on any atom is -0.491 e. The van der Waals surface area contributed by atoms with Gasteiger partial charge in [-0.3, -0.25) is 9.59 Å². The maximum absolute atomic E-state index is 12.8. The number of pyridine rings is 1. The topological polar surface area (TPSA) is 57.5 Å². The third-order valence-corrected chi connectivity index (χ3v) is 5.82. The molecule has 0 unspecified atom stereocenters. The highest BCUT2D eigenvalue weighted by atomic mass is 16.5. The lowest BCUT2D eigenvalue weighted by molar-refractivity contribution is -0.152. The van der Waals surface area contributed by atoms with Gasteiger partial charge >= 0.3 is 5.97 Å². The minimum atomic E-state index is -0.342. The third-order valence-electron chi connectivity index (χ3n) is 5.82. The van der Waals surface area contributed by atoms with Crippen molar-refractivity contribution in [3.05, 3.63) is 40.8 Å². The molecule has 1 heterocycles. The van der Waals surface area contributed by atoms with Crippen LogP contribution in [0.4, 0.5) is 0 Å². The predicted octanol–water partition coefficient (Wildman–Crippen LogP) is 4.94. The van der Waals surface area contributed by atoms with E-state index in [1.807, 2.05) is 26.0 Å². The second kappa shape index (κ2) is 8.60. The average molecular weight is 400 g/mol. The molecule has 1 fully saturated rings. The Kier molecular flexibility index (Phi) is 6.35. The minimum absolute atomic E-state index is 0.0343. The first-order valence-electron chi connectivity index (χ1n) is 10.6. The van der Waals surface area contributed by atoms with Crippen LogP contribution in [0.5, 0.6) is 5.75 Å². The summed E-state index contributed by atoms with van der Waals surface area (Å²) in [5.74, 6) is 1.06. The van der Waals surface area contributed by atoms with Gasteiger partial charge in [0, 0.05) is 11.6 Å². The van der Waals surface area contributed by atoms with E-state index in [1.165, 1.54) is 4.57 Å². The number of hydrogen-bond acceptors (Lipinski definition) is 4. The fourth-order valence-corrected chi connectivity index (χ4v) is 4.15. The summed E-state index contributed by atoms with van der Waals surface area (Å²) in [6.45, 7) is 10.7. The van der Waals surface area contributed by atoms with E-state index >= 15 is 0 Å². The van der Waals surface area contributed by atoms with Crippen molar-refractivity contribution in [3.8, 4) is 5.75 Å². The molecule has 3 rings (SSSR count). The van der Waals surface area contributed by atoms with Crippen LogP contribution >= 0.6 is 0 Å². The summed E-state index contributed by atoms with van der Waals surface area (Å²) in [4.78, 5) is 25.2. The molecule has 0 spiro atoms. The van der Waals surface area contributed by atoms with E-state index in [-0.39, 0.29) is 30.3 Å². The lowest BCUT2D eigenvalue weighted by atomic mass is 9.72. The van der Waals surface area contributed by atoms with Crippen LogP contribution in [0.2, 0.25) is 0 Å². The first-order chi connectivity index (χ1) is 13.6. The molecule has 0 amide bonds. The summed E-state index contributed by atoms with van der Waals surface area (Å²) in [6.07, 6.45) is 5.66. The number of rotatable bonds is 5. The van der Waals surface area contributed by atoms with Crippen LogP contribution in [0.3, 0.4) is 0 Å². The Hall–Kier alpha value is -2.30. The van der Waals surface area contributed by atoms with Gasteiger partial charge in [0.15, 0.2) is 0 Å². The summed E-state index contributed by atoms with van der Waals surface area (Å²) < 4.78 is 12.8. The Balaban J connectivity index is 1.63. The van der Waals surface area contributed by atoms with Crippen molar-refractivity contribution >= 4 is 16.7 Å². The van der Waals surface area contributed by atoms with Crippen LogP contribution in [0.25, 0.3) is 10.8 Å². The zero-order valence-corrected chi connectivity index (χ0v) is 18.2. The van der Waals surface area contributed by atoms with Gasteiger partial charge in [0.1, 0.15) is 18.4 Å². The molecule has 0 saturated heterocycles. The number of carbonyl (C=O) groups excluding carboxylic acids is 1. The Labute approximate surface area is 173 Å². The molecule has 1 saturated carbocycles. The van der Waals surface area contributed by atoms with Gasteiger partial charge in [-0.05, 0) is 80.5 Å². The third kappa shape index (κ3) is 5.40. The highest BCUT2D eigenvalue weighted by Crippen LogP contribution is 2.38. The van der Waals surface area contributed by atoms with E-state index in [2.05, 4.69) is 20.8 Å². The zero-order chi connectivity index (χ0) is 21.2. The maximum atomic E-state index is 12.8. The van der Waals surface area contributed by atoms with Crippen LogP contribution < -0.4 is 10.3 Å². The zero-order valence-electron chi connectivity index (χ0n) is 18.2. The molecule has 0 N–H and O–H groups in total. The molecular weight excluding hydrogens is 366 g/mol. The summed E-state index contributed by atoms with van der Waals surface area (Å²) >= 11 is 0. The first-order valence-corrected chi connectivity index (χ1v) is 10.6. The Morgan fingerprint density at radius 1 is 1.14 bits per heavy atom. The lowest BCUT2D eigenvalue weighted by Crippen LogP contribution is -2.32. The van der Waals surface area contributed by atoms with Crippen LogP contribution in [-0.2, 0) is 16.1 Å². The number of nitrogens with zero attached hydrogens (tertiary/aromatic N) is 1. The van der Waals surface area contributed by atoms with E-state index in [4.69, 9.17) is 9.47 Å². The first kappa shape index (κ1) is 21.4. The molecule has 1 aromatic heterocycles. The van der Waals surface area contributed by atoms with Crippen molar-refractivity contribution < 1.29 is 14.3 Å². The average Bonchev–Trinajstić information content (AvgIpc) is 2.63. The molecule has 1 aromatic carbocycles. The molecular formula is C24H33NO4. The van der Waals surface area contributed by atoms with Gasteiger partial charge in [-0.2, -0.15) is 0 Å². The molecule has 1 aliphatic carbocycles. The van der Waals surface area contributed by atoms with Crippen LogP contribution in [0, 0.1) is 11.3 Å². The standard InChI is InChI=1S/C24H33NO4/c1-16(2)28-20-10-11-21-17(14-20)12-13-25(23(21)27)15-22(26)29-19-8-6-18(7-9-19)24(3,4)5/h10-14,16,18-19H,6-9,15H2,1-5H3. The van der Waals surface area contributed by atoms with E-state index in [1.54, 1.807) is 18.3 Å². The van der Waals surface area contributed by atoms with E-state index in [0.717, 1.165) is 36.8 Å².